The normalized spacial score (nSPS) is 11.9. The molecule has 32 heavy (non-hydrogen) atoms. The van der Waals surface area contributed by atoms with Crippen molar-refractivity contribution in [3.8, 4) is 5.75 Å². The Labute approximate surface area is 189 Å². The average Bonchev–Trinajstić information content (AvgIpc) is 3.02. The Balaban J connectivity index is 1.98. The Bertz CT molecular complexity index is 1230. The monoisotopic (exact) mass is 459 g/mol. The number of hydrogen-bond donors (Lipinski definition) is 2. The van der Waals surface area contributed by atoms with Gasteiger partial charge in [-0.05, 0) is 56.2 Å². The van der Waals surface area contributed by atoms with Crippen LogP contribution in [0.2, 0.25) is 5.02 Å². The Hall–Kier alpha value is -3.39. The summed E-state index contributed by atoms with van der Waals surface area (Å²) in [6.45, 7) is 3.72. The lowest BCUT2D eigenvalue weighted by Gasteiger charge is -2.11. The summed E-state index contributed by atoms with van der Waals surface area (Å²) in [6, 6.07) is 7.05. The largest absolute Gasteiger partial charge is 0.489 e. The van der Waals surface area contributed by atoms with Gasteiger partial charge in [0.25, 0.3) is 5.91 Å². The smallest absolute Gasteiger partial charge is 0.303 e. The fourth-order valence-corrected chi connectivity index (χ4v) is 3.67. The third-order valence-corrected chi connectivity index (χ3v) is 5.07. The van der Waals surface area contributed by atoms with Gasteiger partial charge in [0.15, 0.2) is 0 Å². The number of carbonyl (C=O) groups is 2. The average molecular weight is 460 g/mol. The topological polar surface area (TPSA) is 107 Å². The standard InChI is InChI=1S/C23H23ClFN3O4/c1-12(2)32-19-6-4-13(8-18(19)24)23(31)27-22(26)17-10-15(25)9-16-14(5-7-20(29)30)11-28(3)21(16)17/h4,6,8-12H,5,7H2,1-3H3,(H,29,30)(H2,26,27,31). The van der Waals surface area contributed by atoms with Crippen molar-refractivity contribution >= 4 is 40.2 Å². The first-order valence-corrected chi connectivity index (χ1v) is 10.3. The number of hydrogen-bond acceptors (Lipinski definition) is 3. The van der Waals surface area contributed by atoms with Crippen molar-refractivity contribution in [2.75, 3.05) is 0 Å². The molecular weight excluding hydrogens is 437 g/mol. The number of aliphatic carboxylic acids is 1. The predicted octanol–water partition coefficient (Wildman–Crippen LogP) is 4.32. The summed E-state index contributed by atoms with van der Waals surface area (Å²) >= 11 is 6.19. The van der Waals surface area contributed by atoms with Gasteiger partial charge in [0.05, 0.1) is 16.6 Å². The van der Waals surface area contributed by atoms with Crippen LogP contribution in [0.5, 0.6) is 5.75 Å². The molecule has 9 heteroatoms. The molecule has 0 fully saturated rings. The van der Waals surface area contributed by atoms with Crippen LogP contribution in [0.1, 0.15) is 41.8 Å². The van der Waals surface area contributed by atoms with Crippen molar-refractivity contribution in [3.05, 3.63) is 64.1 Å². The number of carboxylic acid groups (broad SMARTS) is 1. The molecule has 168 valence electrons. The second-order valence-electron chi connectivity index (χ2n) is 7.62. The number of halogens is 2. The number of carboxylic acids is 1. The first-order chi connectivity index (χ1) is 15.1. The van der Waals surface area contributed by atoms with Crippen LogP contribution in [-0.4, -0.2) is 33.5 Å². The molecule has 7 nitrogen and oxygen atoms in total. The Morgan fingerprint density at radius 1 is 1.28 bits per heavy atom. The summed E-state index contributed by atoms with van der Waals surface area (Å²) in [4.78, 5) is 27.6. The van der Waals surface area contributed by atoms with E-state index in [1.54, 1.807) is 23.9 Å². The summed E-state index contributed by atoms with van der Waals surface area (Å²) < 4.78 is 21.6. The summed E-state index contributed by atoms with van der Waals surface area (Å²) in [6.07, 6.45) is 1.78. The zero-order valence-electron chi connectivity index (χ0n) is 17.9. The number of aromatic nitrogens is 1. The van der Waals surface area contributed by atoms with Crippen LogP contribution in [0.4, 0.5) is 4.39 Å². The predicted molar refractivity (Wildman–Crippen MR) is 121 cm³/mol. The second-order valence-corrected chi connectivity index (χ2v) is 8.03. The van der Waals surface area contributed by atoms with E-state index in [-0.39, 0.29) is 40.9 Å². The molecule has 0 unspecified atom stereocenters. The summed E-state index contributed by atoms with van der Waals surface area (Å²) in [5.74, 6) is -1.88. The number of amides is 1. The van der Waals surface area contributed by atoms with Crippen LogP contribution >= 0.6 is 11.6 Å². The van der Waals surface area contributed by atoms with E-state index in [1.807, 2.05) is 13.8 Å². The number of amidine groups is 1. The van der Waals surface area contributed by atoms with Gasteiger partial charge in [-0.2, -0.15) is 4.99 Å². The molecule has 3 aromatic rings. The SMILES string of the molecule is CC(C)Oc1ccc(C(=O)N=C(N)c2cc(F)cc3c(CCC(=O)O)cn(C)c23)cc1Cl. The first-order valence-electron chi connectivity index (χ1n) is 9.91. The Kier molecular flexibility index (Phi) is 6.84. The van der Waals surface area contributed by atoms with Crippen molar-refractivity contribution in [3.63, 3.8) is 0 Å². The minimum absolute atomic E-state index is 0.0798. The fraction of sp³-hybridized carbons (Fsp3) is 0.261. The van der Waals surface area contributed by atoms with E-state index < -0.39 is 17.7 Å². The molecule has 0 aliphatic heterocycles. The highest BCUT2D eigenvalue weighted by molar-refractivity contribution is 6.32. The molecule has 3 rings (SSSR count). The number of benzene rings is 2. The molecule has 0 aliphatic rings. The van der Waals surface area contributed by atoms with Gasteiger partial charge in [0.1, 0.15) is 17.4 Å². The number of aliphatic imine (C=N–C) groups is 1. The maximum atomic E-state index is 14.4. The zero-order valence-corrected chi connectivity index (χ0v) is 18.6. The number of nitrogens with zero attached hydrogens (tertiary/aromatic N) is 2. The third kappa shape index (κ3) is 5.08. The van der Waals surface area contributed by atoms with E-state index in [9.17, 15) is 14.0 Å². The minimum Gasteiger partial charge on any atom is -0.489 e. The second kappa shape index (κ2) is 9.40. The molecule has 0 saturated carbocycles. The quantitative estimate of drug-likeness (QED) is 0.404. The first kappa shape index (κ1) is 23.3. The zero-order chi connectivity index (χ0) is 23.6. The number of rotatable bonds is 7. The molecule has 0 saturated heterocycles. The maximum absolute atomic E-state index is 14.4. The fourth-order valence-electron chi connectivity index (χ4n) is 3.45. The van der Waals surface area contributed by atoms with E-state index in [0.717, 1.165) is 0 Å². The van der Waals surface area contributed by atoms with E-state index >= 15 is 0 Å². The van der Waals surface area contributed by atoms with Gasteiger partial charge >= 0.3 is 5.97 Å². The Morgan fingerprint density at radius 2 is 2.00 bits per heavy atom. The van der Waals surface area contributed by atoms with Gasteiger partial charge in [0, 0.05) is 36.2 Å². The molecule has 1 aromatic heterocycles. The summed E-state index contributed by atoms with van der Waals surface area (Å²) in [7, 11) is 1.73. The van der Waals surface area contributed by atoms with Crippen molar-refractivity contribution in [2.45, 2.75) is 32.8 Å². The highest BCUT2D eigenvalue weighted by Crippen LogP contribution is 2.28. The van der Waals surface area contributed by atoms with E-state index in [4.69, 9.17) is 27.2 Å². The van der Waals surface area contributed by atoms with Crippen LogP contribution in [-0.2, 0) is 18.3 Å². The maximum Gasteiger partial charge on any atom is 0.303 e. The van der Waals surface area contributed by atoms with Crippen LogP contribution in [0.15, 0.2) is 41.5 Å². The number of nitrogens with two attached hydrogens (primary N) is 1. The van der Waals surface area contributed by atoms with Crippen molar-refractivity contribution in [1.82, 2.24) is 4.57 Å². The van der Waals surface area contributed by atoms with E-state index in [0.29, 0.717) is 22.2 Å². The van der Waals surface area contributed by atoms with Crippen molar-refractivity contribution in [2.24, 2.45) is 17.8 Å². The molecule has 1 heterocycles. The summed E-state index contributed by atoms with van der Waals surface area (Å²) in [5, 5.41) is 9.75. The molecule has 0 atom stereocenters. The number of aryl methyl sites for hydroxylation is 2. The lowest BCUT2D eigenvalue weighted by atomic mass is 10.0. The van der Waals surface area contributed by atoms with Gasteiger partial charge in [-0.1, -0.05) is 11.6 Å². The molecule has 3 N–H and O–H groups in total. The highest BCUT2D eigenvalue weighted by atomic mass is 35.5. The molecule has 0 radical (unpaired) electrons. The number of fused-ring (bicyclic) bond motifs is 1. The highest BCUT2D eigenvalue weighted by Gasteiger charge is 2.17. The van der Waals surface area contributed by atoms with Crippen molar-refractivity contribution < 1.29 is 23.8 Å². The molecule has 2 aromatic carbocycles. The lowest BCUT2D eigenvalue weighted by Crippen LogP contribution is -2.17. The van der Waals surface area contributed by atoms with Gasteiger partial charge < -0.3 is 20.1 Å². The minimum atomic E-state index is -0.950. The van der Waals surface area contributed by atoms with E-state index in [1.165, 1.54) is 24.3 Å². The molecular formula is C23H23ClFN3O4. The van der Waals surface area contributed by atoms with Crippen molar-refractivity contribution in [1.29, 1.82) is 0 Å². The van der Waals surface area contributed by atoms with Crippen LogP contribution in [0, 0.1) is 5.82 Å². The molecule has 0 spiro atoms. The Morgan fingerprint density at radius 3 is 2.62 bits per heavy atom. The van der Waals surface area contributed by atoms with Crippen LogP contribution < -0.4 is 10.5 Å². The summed E-state index contributed by atoms with van der Waals surface area (Å²) in [5.41, 5.74) is 7.76. The molecule has 1 amide bonds. The molecule has 0 aliphatic carbocycles. The van der Waals surface area contributed by atoms with E-state index in [2.05, 4.69) is 4.99 Å². The number of ether oxygens (including phenoxy) is 1. The van der Waals surface area contributed by atoms with Gasteiger partial charge in [-0.15, -0.1) is 0 Å². The van der Waals surface area contributed by atoms with Crippen LogP contribution in [0.3, 0.4) is 0 Å². The van der Waals surface area contributed by atoms with Gasteiger partial charge in [-0.25, -0.2) is 4.39 Å². The van der Waals surface area contributed by atoms with Crippen LogP contribution in [0.25, 0.3) is 10.9 Å². The lowest BCUT2D eigenvalue weighted by molar-refractivity contribution is -0.136. The molecule has 0 bridgehead atoms. The third-order valence-electron chi connectivity index (χ3n) is 4.77. The van der Waals surface area contributed by atoms with Gasteiger partial charge in [-0.3, -0.25) is 9.59 Å². The van der Waals surface area contributed by atoms with Gasteiger partial charge in [0.2, 0.25) is 0 Å². The number of carbonyl (C=O) groups excluding carboxylic acids is 1.